The quantitative estimate of drug-likeness (QED) is 0.0956. The number of aliphatic hydroxyl groups excluding tert-OH is 1. The van der Waals surface area contributed by atoms with Crippen molar-refractivity contribution >= 4 is 34.5 Å². The molecule has 0 saturated carbocycles. The lowest BCUT2D eigenvalue weighted by Crippen LogP contribution is -2.43. The van der Waals surface area contributed by atoms with E-state index in [2.05, 4.69) is 72.5 Å². The van der Waals surface area contributed by atoms with Gasteiger partial charge in [0.05, 0.1) is 26.4 Å². The molecule has 0 aromatic heterocycles. The number of ether oxygens (including phenoxy) is 4. The summed E-state index contributed by atoms with van der Waals surface area (Å²) in [5, 5.41) is 9.89. The highest BCUT2D eigenvalue weighted by molar-refractivity contribution is 6.75. The minimum atomic E-state index is -1.92. The van der Waals surface area contributed by atoms with Gasteiger partial charge < -0.3 is 32.9 Å². The molecular weight excluding hydrogens is 745 g/mol. The topological polar surface area (TPSA) is 127 Å². The third kappa shape index (κ3) is 15.5. The highest BCUT2D eigenvalue weighted by atomic mass is 28.4. The number of carbonyl (C=O) groups excluding carboxylic acids is 3. The zero-order valence-electron chi connectivity index (χ0n) is 36.3. The van der Waals surface area contributed by atoms with Crippen molar-refractivity contribution in [2.45, 2.75) is 136 Å². The van der Waals surface area contributed by atoms with Crippen molar-refractivity contribution in [2.24, 2.45) is 0 Å². The van der Waals surface area contributed by atoms with Gasteiger partial charge in [0, 0.05) is 12.8 Å². The molecule has 0 saturated heterocycles. The van der Waals surface area contributed by atoms with Gasteiger partial charge in [-0.05, 0) is 110 Å². The van der Waals surface area contributed by atoms with E-state index in [-0.39, 0.29) is 29.1 Å². The molecule has 0 aliphatic heterocycles. The highest BCUT2D eigenvalue weighted by Gasteiger charge is 2.40. The van der Waals surface area contributed by atoms with Crippen molar-refractivity contribution in [3.63, 3.8) is 0 Å². The molecule has 2 atom stereocenters. The Hall–Kier alpha value is -3.98. The standard InChI is InChI=1S/C28H40O6Si.C16H26O4Si/c1-27(2,3)33-25(29)22-14-10-21(11-15-22)19-32-24(26(30)31-7)18-20-12-16-23(17-13-20)34-35(8,9)28(4,5)6;1-16(2,3)21(5,6)20-13-9-7-12(8-10-13)11-14(17)15(18)19-4/h10-17,24H,18-19H2,1-9H3;7-10,14,17H,11H2,1-6H3. The molecule has 3 aromatic carbocycles. The van der Waals surface area contributed by atoms with E-state index < -0.39 is 46.4 Å². The number of hydrogen-bond acceptors (Lipinski definition) is 10. The van der Waals surface area contributed by atoms with Crippen molar-refractivity contribution in [2.75, 3.05) is 14.2 Å². The fourth-order valence-corrected chi connectivity index (χ4v) is 6.61. The molecule has 0 amide bonds. The summed E-state index contributed by atoms with van der Waals surface area (Å²) in [4.78, 5) is 35.7. The molecule has 0 heterocycles. The number of benzene rings is 3. The summed E-state index contributed by atoms with van der Waals surface area (Å²) in [7, 11) is -1.15. The summed E-state index contributed by atoms with van der Waals surface area (Å²) in [6, 6.07) is 22.3. The maximum atomic E-state index is 12.4. The third-order valence-corrected chi connectivity index (χ3v) is 18.7. The van der Waals surface area contributed by atoms with Crippen LogP contribution in [0.15, 0.2) is 72.8 Å². The van der Waals surface area contributed by atoms with E-state index in [0.29, 0.717) is 12.0 Å². The average molecular weight is 811 g/mol. The molecule has 12 heteroatoms. The lowest BCUT2D eigenvalue weighted by atomic mass is 10.1. The van der Waals surface area contributed by atoms with Crippen LogP contribution in [0.25, 0.3) is 0 Å². The second-order valence-electron chi connectivity index (χ2n) is 18.0. The van der Waals surface area contributed by atoms with E-state index in [9.17, 15) is 19.5 Å². The van der Waals surface area contributed by atoms with Crippen LogP contribution in [-0.2, 0) is 48.0 Å². The van der Waals surface area contributed by atoms with E-state index in [0.717, 1.165) is 28.2 Å². The van der Waals surface area contributed by atoms with Crippen LogP contribution in [0, 0.1) is 0 Å². The summed E-state index contributed by atoms with van der Waals surface area (Å²) >= 11 is 0. The lowest BCUT2D eigenvalue weighted by Gasteiger charge is -2.36. The molecule has 10 nitrogen and oxygen atoms in total. The molecule has 0 bridgehead atoms. The second kappa shape index (κ2) is 19.9. The number of aliphatic hydroxyl groups is 1. The van der Waals surface area contributed by atoms with Gasteiger partial charge in [-0.1, -0.05) is 77.9 Å². The van der Waals surface area contributed by atoms with Crippen molar-refractivity contribution in [1.29, 1.82) is 0 Å². The first-order valence-corrected chi connectivity index (χ1v) is 24.8. The third-order valence-electron chi connectivity index (χ3n) is 10.0. The van der Waals surface area contributed by atoms with E-state index in [1.165, 1.54) is 14.2 Å². The van der Waals surface area contributed by atoms with Crippen LogP contribution in [0.2, 0.25) is 36.3 Å². The zero-order valence-corrected chi connectivity index (χ0v) is 38.3. The molecule has 0 aliphatic carbocycles. The summed E-state index contributed by atoms with van der Waals surface area (Å²) < 4.78 is 33.3. The Bertz CT molecular complexity index is 1700. The van der Waals surface area contributed by atoms with Gasteiger partial charge >= 0.3 is 17.9 Å². The highest BCUT2D eigenvalue weighted by Crippen LogP contribution is 2.38. The minimum absolute atomic E-state index is 0.112. The zero-order chi connectivity index (χ0) is 42.7. The van der Waals surface area contributed by atoms with Gasteiger partial charge in [0.15, 0.2) is 12.2 Å². The predicted molar refractivity (Wildman–Crippen MR) is 226 cm³/mol. The molecule has 0 fully saturated rings. The van der Waals surface area contributed by atoms with E-state index in [1.807, 2.05) is 69.3 Å². The number of carbonyl (C=O) groups is 3. The number of rotatable bonds is 14. The van der Waals surface area contributed by atoms with Crippen molar-refractivity contribution in [3.8, 4) is 11.5 Å². The van der Waals surface area contributed by atoms with Crippen LogP contribution in [0.1, 0.15) is 89.4 Å². The average Bonchev–Trinajstić information content (AvgIpc) is 3.09. The predicted octanol–water partition coefficient (Wildman–Crippen LogP) is 9.47. The summed E-state index contributed by atoms with van der Waals surface area (Å²) in [6.07, 6.45) is -1.25. The fraction of sp³-hybridized carbons (Fsp3) is 0.523. The summed E-state index contributed by atoms with van der Waals surface area (Å²) in [5.74, 6) is 0.241. The Morgan fingerprint density at radius 1 is 0.589 bits per heavy atom. The Balaban J connectivity index is 0.000000440. The molecule has 3 aromatic rings. The molecule has 3 rings (SSSR count). The van der Waals surface area contributed by atoms with Crippen LogP contribution in [0.5, 0.6) is 11.5 Å². The Labute approximate surface area is 337 Å². The summed E-state index contributed by atoms with van der Waals surface area (Å²) in [6.45, 7) is 27.7. The van der Waals surface area contributed by atoms with E-state index in [1.54, 1.807) is 24.3 Å². The molecule has 2 unspecified atom stereocenters. The van der Waals surface area contributed by atoms with Gasteiger partial charge in [0.25, 0.3) is 0 Å². The molecule has 310 valence electrons. The van der Waals surface area contributed by atoms with E-state index >= 15 is 0 Å². The largest absolute Gasteiger partial charge is 0.544 e. The fourth-order valence-electron chi connectivity index (χ4n) is 4.55. The molecule has 56 heavy (non-hydrogen) atoms. The molecule has 1 N–H and O–H groups in total. The Morgan fingerprint density at radius 2 is 0.982 bits per heavy atom. The van der Waals surface area contributed by atoms with Crippen LogP contribution >= 0.6 is 0 Å². The number of methoxy groups -OCH3 is 2. The first-order valence-electron chi connectivity index (χ1n) is 19.0. The molecule has 0 aliphatic rings. The first kappa shape index (κ1) is 48.2. The van der Waals surface area contributed by atoms with Crippen LogP contribution in [-0.4, -0.2) is 71.7 Å². The van der Waals surface area contributed by atoms with Gasteiger partial charge in [0.1, 0.15) is 17.1 Å². The maximum absolute atomic E-state index is 12.4. The van der Waals surface area contributed by atoms with Gasteiger partial charge in [-0.25, -0.2) is 14.4 Å². The minimum Gasteiger partial charge on any atom is -0.544 e. The number of esters is 3. The summed E-state index contributed by atoms with van der Waals surface area (Å²) in [5.41, 5.74) is 2.57. The monoisotopic (exact) mass is 810 g/mol. The van der Waals surface area contributed by atoms with Crippen molar-refractivity contribution in [3.05, 3.63) is 95.1 Å². The normalized spacial score (nSPS) is 13.4. The SMILES string of the molecule is COC(=O)C(Cc1ccc(O[Si](C)(C)C(C)(C)C)cc1)OCc1ccc(C(=O)OC(C)(C)C)cc1.COC(=O)C(O)Cc1ccc(O[Si](C)(C)C(C)(C)C)cc1. The van der Waals surface area contributed by atoms with Crippen LogP contribution in [0.3, 0.4) is 0 Å². The van der Waals surface area contributed by atoms with Gasteiger partial charge in [-0.2, -0.15) is 0 Å². The lowest BCUT2D eigenvalue weighted by molar-refractivity contribution is -0.155. The van der Waals surface area contributed by atoms with Gasteiger partial charge in [-0.15, -0.1) is 0 Å². The first-order chi connectivity index (χ1) is 25.7. The van der Waals surface area contributed by atoms with Crippen LogP contribution < -0.4 is 8.85 Å². The van der Waals surface area contributed by atoms with Crippen molar-refractivity contribution in [1.82, 2.24) is 0 Å². The van der Waals surface area contributed by atoms with E-state index in [4.69, 9.17) is 23.1 Å². The second-order valence-corrected chi connectivity index (χ2v) is 27.4. The smallest absolute Gasteiger partial charge is 0.338 e. The molecule has 0 radical (unpaired) electrons. The number of hydrogen-bond donors (Lipinski definition) is 1. The van der Waals surface area contributed by atoms with Gasteiger partial charge in [-0.3, -0.25) is 0 Å². The molecule has 0 spiro atoms. The maximum Gasteiger partial charge on any atom is 0.338 e. The molecular formula is C44H66O10Si2. The Morgan fingerprint density at radius 3 is 1.36 bits per heavy atom. The van der Waals surface area contributed by atoms with Crippen molar-refractivity contribution < 1.29 is 47.3 Å². The van der Waals surface area contributed by atoms with Crippen LogP contribution in [0.4, 0.5) is 0 Å². The Kier molecular flexibility index (Phi) is 17.2. The van der Waals surface area contributed by atoms with Gasteiger partial charge in [0.2, 0.25) is 16.6 Å².